The number of likely N-dealkylation sites (N-methyl/N-ethyl adjacent to an activating group) is 1. The lowest BCUT2D eigenvalue weighted by Crippen LogP contribution is -2.31. The Morgan fingerprint density at radius 3 is 2.43 bits per heavy atom. The monoisotopic (exact) mass is 289 g/mol. The van der Waals surface area contributed by atoms with Crippen LogP contribution in [-0.2, 0) is 4.79 Å². The number of carbonyl (C=O) groups is 1. The molecule has 0 aromatic heterocycles. The lowest BCUT2D eigenvalue weighted by atomic mass is 10.0. The molecule has 0 N–H and O–H groups in total. The van der Waals surface area contributed by atoms with Gasteiger partial charge in [0.25, 0.3) is 0 Å². The standard InChI is InChI=1S/C18H27NO2/c1-14-10-15(2)12-17(11-14)21-9-8-19(3)18(20)13-16-6-4-5-7-16/h10-12,16H,4-9,13H2,1-3H3. The van der Waals surface area contributed by atoms with Gasteiger partial charge in [-0.25, -0.2) is 0 Å². The zero-order valence-corrected chi connectivity index (χ0v) is 13.5. The van der Waals surface area contributed by atoms with Gasteiger partial charge in [-0.2, -0.15) is 0 Å². The van der Waals surface area contributed by atoms with Crippen molar-refractivity contribution < 1.29 is 9.53 Å². The van der Waals surface area contributed by atoms with E-state index in [1.165, 1.54) is 36.8 Å². The number of carbonyl (C=O) groups excluding carboxylic acids is 1. The second-order valence-corrected chi connectivity index (χ2v) is 6.34. The highest BCUT2D eigenvalue weighted by molar-refractivity contribution is 5.76. The second-order valence-electron chi connectivity index (χ2n) is 6.34. The zero-order chi connectivity index (χ0) is 15.2. The number of hydrogen-bond acceptors (Lipinski definition) is 2. The summed E-state index contributed by atoms with van der Waals surface area (Å²) in [7, 11) is 1.88. The molecule has 0 atom stereocenters. The average molecular weight is 289 g/mol. The van der Waals surface area contributed by atoms with Crippen LogP contribution in [0.5, 0.6) is 5.75 Å². The van der Waals surface area contributed by atoms with E-state index in [1.807, 2.05) is 19.2 Å². The summed E-state index contributed by atoms with van der Waals surface area (Å²) in [5, 5.41) is 0. The quantitative estimate of drug-likeness (QED) is 0.799. The van der Waals surface area contributed by atoms with E-state index in [4.69, 9.17) is 4.74 Å². The van der Waals surface area contributed by atoms with Crippen molar-refractivity contribution in [2.24, 2.45) is 5.92 Å². The van der Waals surface area contributed by atoms with E-state index in [9.17, 15) is 4.79 Å². The van der Waals surface area contributed by atoms with Gasteiger partial charge < -0.3 is 9.64 Å². The van der Waals surface area contributed by atoms with Gasteiger partial charge in [-0.3, -0.25) is 4.79 Å². The molecule has 0 saturated heterocycles. The molecule has 3 nitrogen and oxygen atoms in total. The molecular weight excluding hydrogens is 262 g/mol. The Bertz CT molecular complexity index is 458. The minimum absolute atomic E-state index is 0.255. The van der Waals surface area contributed by atoms with Gasteiger partial charge in [-0.15, -0.1) is 0 Å². The van der Waals surface area contributed by atoms with E-state index in [0.29, 0.717) is 25.5 Å². The number of benzene rings is 1. The van der Waals surface area contributed by atoms with Crippen molar-refractivity contribution in [1.82, 2.24) is 4.90 Å². The van der Waals surface area contributed by atoms with Crippen LogP contribution in [0.1, 0.15) is 43.2 Å². The lowest BCUT2D eigenvalue weighted by Gasteiger charge is -2.19. The minimum Gasteiger partial charge on any atom is -0.492 e. The zero-order valence-electron chi connectivity index (χ0n) is 13.5. The van der Waals surface area contributed by atoms with Crippen molar-refractivity contribution in [3.63, 3.8) is 0 Å². The number of nitrogens with zero attached hydrogens (tertiary/aromatic N) is 1. The van der Waals surface area contributed by atoms with Crippen molar-refractivity contribution >= 4 is 5.91 Å². The Morgan fingerprint density at radius 1 is 1.19 bits per heavy atom. The molecule has 1 saturated carbocycles. The Kier molecular flexibility index (Phi) is 5.66. The molecule has 1 aromatic carbocycles. The summed E-state index contributed by atoms with van der Waals surface area (Å²) in [5.74, 6) is 1.76. The van der Waals surface area contributed by atoms with E-state index >= 15 is 0 Å². The molecular formula is C18H27NO2. The van der Waals surface area contributed by atoms with Gasteiger partial charge >= 0.3 is 0 Å². The van der Waals surface area contributed by atoms with Gasteiger partial charge in [0.05, 0.1) is 6.54 Å². The van der Waals surface area contributed by atoms with Crippen LogP contribution in [0.3, 0.4) is 0 Å². The highest BCUT2D eigenvalue weighted by atomic mass is 16.5. The summed E-state index contributed by atoms with van der Waals surface area (Å²) in [6.07, 6.45) is 5.73. The highest BCUT2D eigenvalue weighted by Crippen LogP contribution is 2.27. The molecule has 0 unspecified atom stereocenters. The maximum atomic E-state index is 12.1. The molecule has 0 radical (unpaired) electrons. The van der Waals surface area contributed by atoms with E-state index in [-0.39, 0.29) is 5.91 Å². The van der Waals surface area contributed by atoms with E-state index in [1.54, 1.807) is 4.90 Å². The number of aryl methyl sites for hydroxylation is 2. The van der Waals surface area contributed by atoms with Crippen LogP contribution in [0.25, 0.3) is 0 Å². The molecule has 3 heteroatoms. The number of hydrogen-bond donors (Lipinski definition) is 0. The summed E-state index contributed by atoms with van der Waals surface area (Å²) in [4.78, 5) is 13.9. The van der Waals surface area contributed by atoms with Gasteiger partial charge in [0.15, 0.2) is 0 Å². The molecule has 1 aliphatic carbocycles. The normalized spacial score (nSPS) is 15.2. The molecule has 0 aliphatic heterocycles. The molecule has 116 valence electrons. The molecule has 0 spiro atoms. The third kappa shape index (κ3) is 5.07. The van der Waals surface area contributed by atoms with E-state index in [2.05, 4.69) is 19.9 Å². The first-order chi connectivity index (χ1) is 10.0. The summed E-state index contributed by atoms with van der Waals surface area (Å²) in [5.41, 5.74) is 2.41. The first-order valence-corrected chi connectivity index (χ1v) is 7.99. The largest absolute Gasteiger partial charge is 0.492 e. The topological polar surface area (TPSA) is 29.5 Å². The third-order valence-electron chi connectivity index (χ3n) is 4.25. The maximum absolute atomic E-state index is 12.1. The van der Waals surface area contributed by atoms with Crippen LogP contribution >= 0.6 is 0 Å². The molecule has 1 aliphatic rings. The molecule has 21 heavy (non-hydrogen) atoms. The van der Waals surface area contributed by atoms with Crippen LogP contribution in [0.4, 0.5) is 0 Å². The van der Waals surface area contributed by atoms with Crippen LogP contribution in [0.15, 0.2) is 18.2 Å². The SMILES string of the molecule is Cc1cc(C)cc(OCCN(C)C(=O)CC2CCCC2)c1. The summed E-state index contributed by atoms with van der Waals surface area (Å²) in [6.45, 7) is 5.34. The summed E-state index contributed by atoms with van der Waals surface area (Å²) < 4.78 is 5.76. The Labute approximate surface area is 128 Å². The molecule has 1 amide bonds. The lowest BCUT2D eigenvalue weighted by molar-refractivity contribution is -0.131. The summed E-state index contributed by atoms with van der Waals surface area (Å²) >= 11 is 0. The Morgan fingerprint density at radius 2 is 1.81 bits per heavy atom. The Hall–Kier alpha value is -1.51. The van der Waals surface area contributed by atoms with Crippen LogP contribution in [0, 0.1) is 19.8 Å². The molecule has 0 bridgehead atoms. The van der Waals surface area contributed by atoms with E-state index < -0.39 is 0 Å². The van der Waals surface area contributed by atoms with Crippen LogP contribution in [0.2, 0.25) is 0 Å². The van der Waals surface area contributed by atoms with Crippen molar-refractivity contribution in [3.8, 4) is 5.75 Å². The van der Waals surface area contributed by atoms with Gasteiger partial charge in [0, 0.05) is 13.5 Å². The highest BCUT2D eigenvalue weighted by Gasteiger charge is 2.20. The second kappa shape index (κ2) is 7.48. The fourth-order valence-corrected chi connectivity index (χ4v) is 3.06. The van der Waals surface area contributed by atoms with Crippen molar-refractivity contribution in [3.05, 3.63) is 29.3 Å². The average Bonchev–Trinajstić information content (AvgIpc) is 2.90. The molecule has 1 fully saturated rings. The first-order valence-electron chi connectivity index (χ1n) is 7.99. The number of amides is 1. The minimum atomic E-state index is 0.255. The maximum Gasteiger partial charge on any atom is 0.222 e. The predicted molar refractivity (Wildman–Crippen MR) is 85.6 cm³/mol. The van der Waals surface area contributed by atoms with E-state index in [0.717, 1.165) is 5.75 Å². The van der Waals surface area contributed by atoms with Gasteiger partial charge in [-0.05, 0) is 55.9 Å². The van der Waals surface area contributed by atoms with Gasteiger partial charge in [0.2, 0.25) is 5.91 Å². The Balaban J connectivity index is 1.72. The summed E-state index contributed by atoms with van der Waals surface area (Å²) in [6, 6.07) is 6.20. The van der Waals surface area contributed by atoms with Crippen LogP contribution in [-0.4, -0.2) is 31.0 Å². The van der Waals surface area contributed by atoms with Gasteiger partial charge in [0.1, 0.15) is 12.4 Å². The first kappa shape index (κ1) is 15.9. The molecule has 1 aromatic rings. The van der Waals surface area contributed by atoms with Crippen LogP contribution < -0.4 is 4.74 Å². The third-order valence-corrected chi connectivity index (χ3v) is 4.25. The van der Waals surface area contributed by atoms with Gasteiger partial charge in [-0.1, -0.05) is 18.9 Å². The fraction of sp³-hybridized carbons (Fsp3) is 0.611. The number of rotatable bonds is 6. The molecule has 0 heterocycles. The fourth-order valence-electron chi connectivity index (χ4n) is 3.06. The molecule has 2 rings (SSSR count). The van der Waals surface area contributed by atoms with Crippen molar-refractivity contribution in [1.29, 1.82) is 0 Å². The van der Waals surface area contributed by atoms with Crippen molar-refractivity contribution in [2.45, 2.75) is 46.0 Å². The predicted octanol–water partition coefficient (Wildman–Crippen LogP) is 3.72. The van der Waals surface area contributed by atoms with Crippen molar-refractivity contribution in [2.75, 3.05) is 20.2 Å². The number of ether oxygens (including phenoxy) is 1. The smallest absolute Gasteiger partial charge is 0.222 e.